The number of hydrogen-bond acceptors (Lipinski definition) is 5. The van der Waals surface area contributed by atoms with Crippen molar-refractivity contribution in [2.24, 2.45) is 0 Å². The summed E-state index contributed by atoms with van der Waals surface area (Å²) in [6.07, 6.45) is 1.67. The molecule has 3 nitrogen and oxygen atoms in total. The number of nitrogens with one attached hydrogen (secondary N) is 1. The molecule has 0 radical (unpaired) electrons. The van der Waals surface area contributed by atoms with Gasteiger partial charge < -0.3 is 11.1 Å². The standard InChI is InChI=1S/C9H11N3S2/c1-6-2-3-13-7(6)4-11-9-12-5-8(10)14-9/h2-3,5H,4,10H2,1H3,(H,11,12). The molecule has 5 heteroatoms. The van der Waals surface area contributed by atoms with E-state index in [4.69, 9.17) is 5.73 Å². The molecule has 0 aliphatic rings. The fourth-order valence-electron chi connectivity index (χ4n) is 1.11. The number of thiophene rings is 1. The molecule has 3 N–H and O–H groups in total. The fraction of sp³-hybridized carbons (Fsp3) is 0.222. The Balaban J connectivity index is 1.98. The average Bonchev–Trinajstić information content (AvgIpc) is 2.72. The molecule has 2 aromatic rings. The monoisotopic (exact) mass is 225 g/mol. The Morgan fingerprint density at radius 3 is 3.00 bits per heavy atom. The van der Waals surface area contributed by atoms with Gasteiger partial charge in [0, 0.05) is 4.88 Å². The number of rotatable bonds is 3. The largest absolute Gasteiger partial charge is 0.389 e. The van der Waals surface area contributed by atoms with Gasteiger partial charge in [-0.05, 0) is 23.9 Å². The Bertz CT molecular complexity index is 419. The summed E-state index contributed by atoms with van der Waals surface area (Å²) in [7, 11) is 0. The van der Waals surface area contributed by atoms with E-state index < -0.39 is 0 Å². The Labute approximate surface area is 90.6 Å². The summed E-state index contributed by atoms with van der Waals surface area (Å²) in [5, 5.41) is 6.98. The van der Waals surface area contributed by atoms with E-state index in [2.05, 4.69) is 28.7 Å². The zero-order valence-electron chi connectivity index (χ0n) is 7.78. The van der Waals surface area contributed by atoms with Gasteiger partial charge in [0.15, 0.2) is 5.13 Å². The van der Waals surface area contributed by atoms with Crippen LogP contribution in [-0.2, 0) is 6.54 Å². The van der Waals surface area contributed by atoms with Crippen molar-refractivity contribution in [3.63, 3.8) is 0 Å². The van der Waals surface area contributed by atoms with E-state index in [1.165, 1.54) is 21.8 Å². The third-order valence-corrected chi connectivity index (χ3v) is 3.70. The van der Waals surface area contributed by atoms with E-state index in [-0.39, 0.29) is 0 Å². The van der Waals surface area contributed by atoms with Crippen molar-refractivity contribution in [2.75, 3.05) is 11.1 Å². The number of aromatic nitrogens is 1. The number of nitrogens with zero attached hydrogens (tertiary/aromatic N) is 1. The third-order valence-electron chi connectivity index (χ3n) is 1.89. The van der Waals surface area contributed by atoms with Crippen LogP contribution in [0.1, 0.15) is 10.4 Å². The van der Waals surface area contributed by atoms with Crippen LogP contribution in [0, 0.1) is 6.92 Å². The number of aryl methyl sites for hydroxylation is 1. The fourth-order valence-corrected chi connectivity index (χ4v) is 2.53. The Morgan fingerprint density at radius 2 is 2.43 bits per heavy atom. The van der Waals surface area contributed by atoms with Gasteiger partial charge in [-0.3, -0.25) is 0 Å². The molecule has 0 amide bonds. The zero-order valence-corrected chi connectivity index (χ0v) is 9.41. The van der Waals surface area contributed by atoms with Crippen LogP contribution in [0.4, 0.5) is 10.1 Å². The predicted octanol–water partition coefficient (Wildman–Crippen LogP) is 2.71. The molecule has 0 saturated heterocycles. The highest BCUT2D eigenvalue weighted by Gasteiger charge is 2.01. The van der Waals surface area contributed by atoms with Gasteiger partial charge in [0.25, 0.3) is 0 Å². The quantitative estimate of drug-likeness (QED) is 0.844. The third kappa shape index (κ3) is 2.05. The lowest BCUT2D eigenvalue weighted by molar-refractivity contribution is 1.15. The van der Waals surface area contributed by atoms with Crippen molar-refractivity contribution >= 4 is 32.8 Å². The van der Waals surface area contributed by atoms with Crippen molar-refractivity contribution < 1.29 is 0 Å². The first-order valence-corrected chi connectivity index (χ1v) is 5.93. The molecule has 2 rings (SSSR count). The van der Waals surface area contributed by atoms with Crippen LogP contribution in [0.5, 0.6) is 0 Å². The Kier molecular flexibility index (Phi) is 2.69. The summed E-state index contributed by atoms with van der Waals surface area (Å²) in [6, 6.07) is 2.12. The molecule has 0 aliphatic heterocycles. The molecule has 2 aromatic heterocycles. The van der Waals surface area contributed by atoms with Crippen LogP contribution in [0.15, 0.2) is 17.6 Å². The highest BCUT2D eigenvalue weighted by atomic mass is 32.1. The van der Waals surface area contributed by atoms with E-state index >= 15 is 0 Å². The van der Waals surface area contributed by atoms with Crippen molar-refractivity contribution in [2.45, 2.75) is 13.5 Å². The number of nitrogen functional groups attached to an aromatic ring is 1. The minimum absolute atomic E-state index is 0.746. The zero-order chi connectivity index (χ0) is 9.97. The summed E-state index contributed by atoms with van der Waals surface area (Å²) in [4.78, 5) is 5.48. The van der Waals surface area contributed by atoms with Gasteiger partial charge in [-0.15, -0.1) is 11.3 Å². The Morgan fingerprint density at radius 1 is 1.57 bits per heavy atom. The summed E-state index contributed by atoms with van der Waals surface area (Å²) >= 11 is 3.23. The highest BCUT2D eigenvalue weighted by molar-refractivity contribution is 7.19. The van der Waals surface area contributed by atoms with E-state index in [1.54, 1.807) is 17.5 Å². The van der Waals surface area contributed by atoms with E-state index in [9.17, 15) is 0 Å². The highest BCUT2D eigenvalue weighted by Crippen LogP contribution is 2.22. The summed E-state index contributed by atoms with van der Waals surface area (Å²) in [5.74, 6) is 0. The minimum Gasteiger partial charge on any atom is -0.389 e. The molecule has 0 saturated carbocycles. The van der Waals surface area contributed by atoms with E-state index in [1.807, 2.05) is 0 Å². The van der Waals surface area contributed by atoms with Gasteiger partial charge in [-0.2, -0.15) is 0 Å². The maximum Gasteiger partial charge on any atom is 0.184 e. The normalized spacial score (nSPS) is 10.4. The second-order valence-electron chi connectivity index (χ2n) is 2.95. The van der Waals surface area contributed by atoms with Crippen molar-refractivity contribution in [1.82, 2.24) is 4.98 Å². The number of thiazole rings is 1. The van der Waals surface area contributed by atoms with Gasteiger partial charge in [-0.1, -0.05) is 11.3 Å². The van der Waals surface area contributed by atoms with Crippen LogP contribution in [0.3, 0.4) is 0 Å². The first-order chi connectivity index (χ1) is 6.75. The first-order valence-electron chi connectivity index (χ1n) is 4.24. The first kappa shape index (κ1) is 9.48. The van der Waals surface area contributed by atoms with Crippen LogP contribution in [-0.4, -0.2) is 4.98 Å². The van der Waals surface area contributed by atoms with Gasteiger partial charge in [0.1, 0.15) is 5.00 Å². The lowest BCUT2D eigenvalue weighted by Crippen LogP contribution is -1.97. The lowest BCUT2D eigenvalue weighted by atomic mass is 10.3. The maximum absolute atomic E-state index is 5.58. The number of nitrogens with two attached hydrogens (primary N) is 1. The summed E-state index contributed by atoms with van der Waals surface area (Å²) in [6.45, 7) is 2.94. The van der Waals surface area contributed by atoms with Crippen LogP contribution >= 0.6 is 22.7 Å². The molecule has 74 valence electrons. The van der Waals surface area contributed by atoms with Crippen molar-refractivity contribution in [3.05, 3.63) is 28.1 Å². The lowest BCUT2D eigenvalue weighted by Gasteiger charge is -2.00. The number of anilines is 2. The van der Waals surface area contributed by atoms with Crippen LogP contribution in [0.2, 0.25) is 0 Å². The molecule has 0 atom stereocenters. The maximum atomic E-state index is 5.58. The predicted molar refractivity (Wildman–Crippen MR) is 62.9 cm³/mol. The van der Waals surface area contributed by atoms with E-state index in [0.717, 1.165) is 16.7 Å². The van der Waals surface area contributed by atoms with Gasteiger partial charge in [0.2, 0.25) is 0 Å². The summed E-state index contributed by atoms with van der Waals surface area (Å²) in [5.41, 5.74) is 6.90. The molecule has 2 heterocycles. The molecular weight excluding hydrogens is 214 g/mol. The van der Waals surface area contributed by atoms with Gasteiger partial charge >= 0.3 is 0 Å². The van der Waals surface area contributed by atoms with Crippen molar-refractivity contribution in [3.8, 4) is 0 Å². The molecule has 0 fully saturated rings. The number of hydrogen-bond donors (Lipinski definition) is 2. The van der Waals surface area contributed by atoms with Gasteiger partial charge in [0.05, 0.1) is 12.7 Å². The van der Waals surface area contributed by atoms with E-state index in [0.29, 0.717) is 0 Å². The smallest absolute Gasteiger partial charge is 0.184 e. The molecule has 0 aromatic carbocycles. The van der Waals surface area contributed by atoms with Crippen LogP contribution < -0.4 is 11.1 Å². The van der Waals surface area contributed by atoms with Crippen molar-refractivity contribution in [1.29, 1.82) is 0 Å². The second-order valence-corrected chi connectivity index (χ2v) is 5.01. The Hall–Kier alpha value is -1.07. The molecule has 0 spiro atoms. The second kappa shape index (κ2) is 3.98. The molecule has 0 aliphatic carbocycles. The summed E-state index contributed by atoms with van der Waals surface area (Å²) < 4.78 is 0. The topological polar surface area (TPSA) is 50.9 Å². The molecule has 0 bridgehead atoms. The SMILES string of the molecule is Cc1ccsc1CNc1ncc(N)s1. The molecule has 14 heavy (non-hydrogen) atoms. The van der Waals surface area contributed by atoms with Crippen LogP contribution in [0.25, 0.3) is 0 Å². The molecular formula is C9H11N3S2. The molecule has 0 unspecified atom stereocenters. The average molecular weight is 225 g/mol. The minimum atomic E-state index is 0.746. The van der Waals surface area contributed by atoms with Gasteiger partial charge in [-0.25, -0.2) is 4.98 Å².